The second-order valence-corrected chi connectivity index (χ2v) is 9.15. The Hall–Kier alpha value is -2.32. The van der Waals surface area contributed by atoms with Gasteiger partial charge in [-0.3, -0.25) is 4.79 Å². The van der Waals surface area contributed by atoms with Gasteiger partial charge in [-0.15, -0.1) is 11.3 Å². The number of ether oxygens (including phenoxy) is 1. The van der Waals surface area contributed by atoms with Crippen molar-refractivity contribution in [1.29, 1.82) is 5.26 Å². The van der Waals surface area contributed by atoms with Crippen LogP contribution < -0.4 is 10.1 Å². The molecule has 0 spiro atoms. The molecule has 1 aliphatic rings. The number of thiophene rings is 1. The van der Waals surface area contributed by atoms with Crippen molar-refractivity contribution in [2.75, 3.05) is 11.9 Å². The summed E-state index contributed by atoms with van der Waals surface area (Å²) in [6, 6.07) is 9.44. The molecule has 1 amide bonds. The molecule has 1 aromatic heterocycles. The number of benzene rings is 1. The predicted octanol–water partition coefficient (Wildman–Crippen LogP) is 5.42. The predicted molar refractivity (Wildman–Crippen MR) is 110 cm³/mol. The molecule has 0 aliphatic heterocycles. The molecule has 27 heavy (non-hydrogen) atoms. The highest BCUT2D eigenvalue weighted by molar-refractivity contribution is 7.16. The fraction of sp³-hybridized carbons (Fsp3) is 0.455. The van der Waals surface area contributed by atoms with E-state index < -0.39 is 0 Å². The van der Waals surface area contributed by atoms with Crippen LogP contribution in [0.5, 0.6) is 5.75 Å². The number of fused-ring (bicyclic) bond motifs is 1. The normalized spacial score (nSPS) is 16.3. The molecular formula is C22H26N2O2S. The third kappa shape index (κ3) is 4.17. The monoisotopic (exact) mass is 382 g/mol. The van der Waals surface area contributed by atoms with Gasteiger partial charge in [0.15, 0.2) is 0 Å². The van der Waals surface area contributed by atoms with Crippen molar-refractivity contribution >= 4 is 22.2 Å². The Balaban J connectivity index is 1.84. The standard InChI is InChI=1S/C22H26N2O2S/c1-5-26-16-8-6-7-14(11-16)20(25)24-21-18(13-23)17-10-9-15(22(2,3)4)12-19(17)27-21/h6-8,11,15H,5,9-10,12H2,1-4H3,(H,24,25)/t15-/m0/s1. The summed E-state index contributed by atoms with van der Waals surface area (Å²) in [5, 5.41) is 13.3. The lowest BCUT2D eigenvalue weighted by Crippen LogP contribution is -2.26. The van der Waals surface area contributed by atoms with E-state index in [9.17, 15) is 10.1 Å². The van der Waals surface area contributed by atoms with Crippen LogP contribution in [-0.4, -0.2) is 12.5 Å². The van der Waals surface area contributed by atoms with E-state index in [4.69, 9.17) is 4.74 Å². The molecule has 1 N–H and O–H groups in total. The van der Waals surface area contributed by atoms with E-state index in [2.05, 4.69) is 32.2 Å². The van der Waals surface area contributed by atoms with Crippen molar-refractivity contribution in [2.24, 2.45) is 11.3 Å². The first-order chi connectivity index (χ1) is 12.8. The van der Waals surface area contributed by atoms with Crippen molar-refractivity contribution in [3.8, 4) is 11.8 Å². The highest BCUT2D eigenvalue weighted by atomic mass is 32.1. The van der Waals surface area contributed by atoms with Crippen molar-refractivity contribution in [1.82, 2.24) is 0 Å². The summed E-state index contributed by atoms with van der Waals surface area (Å²) in [5.74, 6) is 1.06. The van der Waals surface area contributed by atoms with Gasteiger partial charge in [-0.2, -0.15) is 5.26 Å². The van der Waals surface area contributed by atoms with Gasteiger partial charge in [0, 0.05) is 10.4 Å². The van der Waals surface area contributed by atoms with E-state index in [1.54, 1.807) is 29.5 Å². The maximum absolute atomic E-state index is 12.7. The number of hydrogen-bond acceptors (Lipinski definition) is 4. The molecule has 0 fully saturated rings. The summed E-state index contributed by atoms with van der Waals surface area (Å²) < 4.78 is 5.47. The van der Waals surface area contributed by atoms with Crippen LogP contribution in [0.15, 0.2) is 24.3 Å². The van der Waals surface area contributed by atoms with E-state index in [1.807, 2.05) is 13.0 Å². The number of nitrogens with one attached hydrogen (secondary N) is 1. The number of carbonyl (C=O) groups excluding carboxylic acids is 1. The highest BCUT2D eigenvalue weighted by Crippen LogP contribution is 2.44. The Bertz CT molecular complexity index is 887. The van der Waals surface area contributed by atoms with Gasteiger partial charge in [0.1, 0.15) is 16.8 Å². The Morgan fingerprint density at radius 2 is 2.19 bits per heavy atom. The van der Waals surface area contributed by atoms with E-state index in [0.717, 1.165) is 24.8 Å². The van der Waals surface area contributed by atoms with Crippen LogP contribution in [0.4, 0.5) is 5.00 Å². The molecule has 0 bridgehead atoms. The smallest absolute Gasteiger partial charge is 0.256 e. The number of amides is 1. The molecule has 0 unspecified atom stereocenters. The molecule has 1 aliphatic carbocycles. The van der Waals surface area contributed by atoms with Crippen molar-refractivity contribution in [3.63, 3.8) is 0 Å². The quantitative estimate of drug-likeness (QED) is 0.768. The van der Waals surface area contributed by atoms with Crippen molar-refractivity contribution in [3.05, 3.63) is 45.8 Å². The number of hydrogen-bond donors (Lipinski definition) is 1. The van der Waals surface area contributed by atoms with Crippen molar-refractivity contribution in [2.45, 2.75) is 47.0 Å². The maximum atomic E-state index is 12.7. The van der Waals surface area contributed by atoms with Crippen LogP contribution in [0.1, 0.15) is 60.5 Å². The van der Waals surface area contributed by atoms with E-state index in [1.165, 1.54) is 4.88 Å². The molecule has 4 nitrogen and oxygen atoms in total. The summed E-state index contributed by atoms with van der Waals surface area (Å²) in [7, 11) is 0. The van der Waals surface area contributed by atoms with Crippen LogP contribution in [0, 0.1) is 22.7 Å². The fourth-order valence-electron chi connectivity index (χ4n) is 3.60. The minimum absolute atomic E-state index is 0.209. The average Bonchev–Trinajstić information content (AvgIpc) is 2.97. The van der Waals surface area contributed by atoms with Gasteiger partial charge in [0.2, 0.25) is 0 Å². The van der Waals surface area contributed by atoms with Gasteiger partial charge < -0.3 is 10.1 Å². The summed E-state index contributed by atoms with van der Waals surface area (Å²) in [5.41, 5.74) is 2.54. The maximum Gasteiger partial charge on any atom is 0.256 e. The zero-order chi connectivity index (χ0) is 19.6. The first kappa shape index (κ1) is 19.4. The van der Waals surface area contributed by atoms with Gasteiger partial charge >= 0.3 is 0 Å². The minimum Gasteiger partial charge on any atom is -0.494 e. The molecule has 0 radical (unpaired) electrons. The lowest BCUT2D eigenvalue weighted by atomic mass is 9.72. The Kier molecular flexibility index (Phi) is 5.57. The SMILES string of the molecule is CCOc1cccc(C(=O)Nc2sc3c(c2C#N)CC[C@H](C(C)(C)C)C3)c1. The van der Waals surface area contributed by atoms with E-state index >= 15 is 0 Å². The third-order valence-electron chi connectivity index (χ3n) is 5.24. The van der Waals surface area contributed by atoms with Gasteiger partial charge in [-0.25, -0.2) is 0 Å². The molecule has 1 aromatic carbocycles. The van der Waals surface area contributed by atoms with Crippen LogP contribution in [0.25, 0.3) is 0 Å². The lowest BCUT2D eigenvalue weighted by Gasteiger charge is -2.33. The number of anilines is 1. The number of nitrogens with zero attached hydrogens (tertiary/aromatic N) is 1. The molecule has 0 saturated carbocycles. The summed E-state index contributed by atoms with van der Waals surface area (Å²) in [6.45, 7) is 9.28. The molecular weight excluding hydrogens is 356 g/mol. The number of rotatable bonds is 4. The first-order valence-electron chi connectivity index (χ1n) is 9.42. The van der Waals surface area contributed by atoms with Crippen molar-refractivity contribution < 1.29 is 9.53 Å². The third-order valence-corrected chi connectivity index (χ3v) is 6.41. The van der Waals surface area contributed by atoms with Crippen LogP contribution in [0.2, 0.25) is 0 Å². The van der Waals surface area contributed by atoms with Crippen LogP contribution in [0.3, 0.4) is 0 Å². The Morgan fingerprint density at radius 3 is 2.85 bits per heavy atom. The summed E-state index contributed by atoms with van der Waals surface area (Å²) in [4.78, 5) is 14.0. The van der Waals surface area contributed by atoms with Gasteiger partial charge in [-0.1, -0.05) is 26.8 Å². The molecule has 0 saturated heterocycles. The number of nitriles is 1. The molecule has 142 valence electrons. The number of carbonyl (C=O) groups is 1. The second kappa shape index (κ2) is 7.74. The first-order valence-corrected chi connectivity index (χ1v) is 10.2. The molecule has 5 heteroatoms. The fourth-order valence-corrected chi connectivity index (χ4v) is 4.87. The second-order valence-electron chi connectivity index (χ2n) is 8.04. The highest BCUT2D eigenvalue weighted by Gasteiger charge is 2.32. The van der Waals surface area contributed by atoms with Crippen LogP contribution >= 0.6 is 11.3 Å². The zero-order valence-corrected chi connectivity index (χ0v) is 17.2. The van der Waals surface area contributed by atoms with E-state index in [0.29, 0.717) is 34.4 Å². The van der Waals surface area contributed by atoms with Gasteiger partial charge in [-0.05, 0) is 61.3 Å². The summed E-state index contributed by atoms with van der Waals surface area (Å²) >= 11 is 1.56. The largest absolute Gasteiger partial charge is 0.494 e. The molecule has 1 heterocycles. The van der Waals surface area contributed by atoms with Gasteiger partial charge in [0.05, 0.1) is 12.2 Å². The van der Waals surface area contributed by atoms with Gasteiger partial charge in [0.25, 0.3) is 5.91 Å². The molecule has 2 aromatic rings. The van der Waals surface area contributed by atoms with E-state index in [-0.39, 0.29) is 11.3 Å². The topological polar surface area (TPSA) is 62.1 Å². The Morgan fingerprint density at radius 1 is 1.41 bits per heavy atom. The molecule has 1 atom stereocenters. The zero-order valence-electron chi connectivity index (χ0n) is 16.4. The Labute approximate surface area is 165 Å². The molecule has 3 rings (SSSR count). The summed E-state index contributed by atoms with van der Waals surface area (Å²) in [6.07, 6.45) is 2.98. The van der Waals surface area contributed by atoms with Crippen LogP contribution in [-0.2, 0) is 12.8 Å². The average molecular weight is 383 g/mol. The lowest BCUT2D eigenvalue weighted by molar-refractivity contribution is 0.102. The minimum atomic E-state index is -0.209.